The number of carbonyl (C=O) groups excluding carboxylic acids is 1. The van der Waals surface area contributed by atoms with Gasteiger partial charge in [-0.05, 0) is 42.3 Å². The third-order valence-electron chi connectivity index (χ3n) is 3.74. The molecule has 0 aliphatic rings. The summed E-state index contributed by atoms with van der Waals surface area (Å²) in [5.41, 5.74) is 1.13. The monoisotopic (exact) mass is 390 g/mol. The Bertz CT molecular complexity index is 936. The molecule has 0 aliphatic heterocycles. The second-order valence-electron chi connectivity index (χ2n) is 5.55. The minimum atomic E-state index is -3.76. The number of hydrogen-bond donors (Lipinski definition) is 2. The molecular weight excluding hydrogens is 372 g/mol. The van der Waals surface area contributed by atoms with Gasteiger partial charge in [0, 0.05) is 10.6 Å². The maximum absolute atomic E-state index is 12.6. The molecule has 2 N–H and O–H groups in total. The van der Waals surface area contributed by atoms with E-state index in [-0.39, 0.29) is 29.0 Å². The van der Waals surface area contributed by atoms with Crippen LogP contribution in [0.15, 0.2) is 53.4 Å². The average Bonchev–Trinajstić information content (AvgIpc) is 2.64. The molecule has 0 aromatic heterocycles. The van der Waals surface area contributed by atoms with Crippen LogP contribution < -0.4 is 10.0 Å². The van der Waals surface area contributed by atoms with Crippen LogP contribution >= 0.6 is 11.6 Å². The van der Waals surface area contributed by atoms with E-state index in [1.165, 1.54) is 18.2 Å². The van der Waals surface area contributed by atoms with Gasteiger partial charge in [-0.3, -0.25) is 4.79 Å². The van der Waals surface area contributed by atoms with E-state index in [4.69, 9.17) is 18.0 Å². The van der Waals surface area contributed by atoms with E-state index in [0.29, 0.717) is 11.4 Å². The molecule has 136 valence electrons. The number of amides is 1. The van der Waals surface area contributed by atoms with Gasteiger partial charge in [0.25, 0.3) is 5.91 Å². The standard InChI is InChI=1S/C19H19ClN2O3S/c1-3-11-21-26(24,25)17-10-6-8-15(13-17)19(23)22-18(4-2)14-7-5-9-16(20)12-14/h1,5-10,12-13,18,21H,4,11H2,2H3,(H,22,23). The number of halogens is 1. The van der Waals surface area contributed by atoms with Crippen LogP contribution in [0.2, 0.25) is 5.02 Å². The van der Waals surface area contributed by atoms with Crippen molar-refractivity contribution in [3.8, 4) is 12.3 Å². The molecule has 0 heterocycles. The van der Waals surface area contributed by atoms with E-state index in [2.05, 4.69) is 16.0 Å². The van der Waals surface area contributed by atoms with Crippen LogP contribution in [0.3, 0.4) is 0 Å². The van der Waals surface area contributed by atoms with Crippen LogP contribution in [0, 0.1) is 12.3 Å². The molecule has 0 bridgehead atoms. The maximum Gasteiger partial charge on any atom is 0.251 e. The van der Waals surface area contributed by atoms with Crippen molar-refractivity contribution in [2.45, 2.75) is 24.3 Å². The van der Waals surface area contributed by atoms with Crippen molar-refractivity contribution in [1.82, 2.24) is 10.0 Å². The number of hydrogen-bond acceptors (Lipinski definition) is 3. The van der Waals surface area contributed by atoms with E-state index < -0.39 is 10.0 Å². The molecule has 2 aromatic rings. The molecule has 0 radical (unpaired) electrons. The third kappa shape index (κ3) is 5.09. The summed E-state index contributed by atoms with van der Waals surface area (Å²) >= 11 is 6.01. The molecule has 1 amide bonds. The lowest BCUT2D eigenvalue weighted by molar-refractivity contribution is 0.0935. The topological polar surface area (TPSA) is 75.3 Å². The number of benzene rings is 2. The highest BCUT2D eigenvalue weighted by Gasteiger charge is 2.18. The molecule has 0 saturated carbocycles. The predicted octanol–water partition coefficient (Wildman–Crippen LogP) is 3.13. The molecule has 0 aliphatic carbocycles. The van der Waals surface area contributed by atoms with Gasteiger partial charge in [-0.2, -0.15) is 4.72 Å². The van der Waals surface area contributed by atoms with Crippen LogP contribution in [0.1, 0.15) is 35.3 Å². The van der Waals surface area contributed by atoms with Crippen molar-refractivity contribution >= 4 is 27.5 Å². The van der Waals surface area contributed by atoms with Crippen molar-refractivity contribution in [3.63, 3.8) is 0 Å². The normalized spacial score (nSPS) is 12.2. The molecule has 1 unspecified atom stereocenters. The van der Waals surface area contributed by atoms with Gasteiger partial charge >= 0.3 is 0 Å². The second-order valence-corrected chi connectivity index (χ2v) is 7.75. The Morgan fingerprint density at radius 2 is 1.96 bits per heavy atom. The zero-order chi connectivity index (χ0) is 19.2. The van der Waals surface area contributed by atoms with Crippen molar-refractivity contribution in [1.29, 1.82) is 0 Å². The molecular formula is C19H19ClN2O3S. The highest BCUT2D eigenvalue weighted by molar-refractivity contribution is 7.89. The third-order valence-corrected chi connectivity index (χ3v) is 5.37. The summed E-state index contributed by atoms with van der Waals surface area (Å²) in [6, 6.07) is 12.8. The first-order valence-electron chi connectivity index (χ1n) is 7.97. The summed E-state index contributed by atoms with van der Waals surface area (Å²) in [6.45, 7) is 1.82. The molecule has 26 heavy (non-hydrogen) atoms. The van der Waals surface area contributed by atoms with Crippen LogP contribution in [0.25, 0.3) is 0 Å². The number of terminal acetylenes is 1. The zero-order valence-corrected chi connectivity index (χ0v) is 15.8. The fraction of sp³-hybridized carbons (Fsp3) is 0.211. The second kappa shape index (κ2) is 8.86. The summed E-state index contributed by atoms with van der Waals surface area (Å²) in [5.74, 6) is 1.84. The van der Waals surface area contributed by atoms with Gasteiger partial charge in [-0.25, -0.2) is 8.42 Å². The first-order chi connectivity index (χ1) is 12.4. The lowest BCUT2D eigenvalue weighted by atomic mass is 10.0. The average molecular weight is 391 g/mol. The molecule has 5 nitrogen and oxygen atoms in total. The molecule has 0 fully saturated rings. The lowest BCUT2D eigenvalue weighted by Crippen LogP contribution is -2.29. The van der Waals surface area contributed by atoms with Crippen LogP contribution in [-0.4, -0.2) is 20.9 Å². The molecule has 7 heteroatoms. The first-order valence-corrected chi connectivity index (χ1v) is 9.83. The Hall–Kier alpha value is -2.33. The summed E-state index contributed by atoms with van der Waals surface area (Å²) in [4.78, 5) is 12.6. The minimum Gasteiger partial charge on any atom is -0.345 e. The van der Waals surface area contributed by atoms with Gasteiger partial charge in [-0.1, -0.05) is 42.6 Å². The first kappa shape index (κ1) is 20.0. The van der Waals surface area contributed by atoms with Crippen molar-refractivity contribution in [2.24, 2.45) is 0 Å². The van der Waals surface area contributed by atoms with E-state index in [1.54, 1.807) is 18.2 Å². The van der Waals surface area contributed by atoms with Crippen molar-refractivity contribution < 1.29 is 13.2 Å². The SMILES string of the molecule is C#CCNS(=O)(=O)c1cccc(C(=O)NC(CC)c2cccc(Cl)c2)c1. The van der Waals surface area contributed by atoms with Gasteiger partial charge in [0.05, 0.1) is 17.5 Å². The summed E-state index contributed by atoms with van der Waals surface area (Å²) in [7, 11) is -3.76. The van der Waals surface area contributed by atoms with Crippen LogP contribution in [0.4, 0.5) is 0 Å². The molecule has 0 saturated heterocycles. The molecule has 0 spiro atoms. The van der Waals surface area contributed by atoms with Gasteiger partial charge in [-0.15, -0.1) is 6.42 Å². The summed E-state index contributed by atoms with van der Waals surface area (Å²) < 4.78 is 26.6. The largest absolute Gasteiger partial charge is 0.345 e. The Labute approximate surface area is 158 Å². The van der Waals surface area contributed by atoms with Gasteiger partial charge < -0.3 is 5.32 Å². The summed E-state index contributed by atoms with van der Waals surface area (Å²) in [6.07, 6.45) is 5.74. The Kier molecular flexibility index (Phi) is 6.81. The fourth-order valence-electron chi connectivity index (χ4n) is 2.41. The number of rotatable bonds is 7. The van der Waals surface area contributed by atoms with Crippen LogP contribution in [-0.2, 0) is 10.0 Å². The summed E-state index contributed by atoms with van der Waals surface area (Å²) in [5, 5.41) is 3.49. The number of carbonyl (C=O) groups is 1. The van der Waals surface area contributed by atoms with Crippen molar-refractivity contribution in [2.75, 3.05) is 6.54 Å². The van der Waals surface area contributed by atoms with E-state index in [1.807, 2.05) is 19.1 Å². The highest BCUT2D eigenvalue weighted by Crippen LogP contribution is 2.21. The van der Waals surface area contributed by atoms with Crippen LogP contribution in [0.5, 0.6) is 0 Å². The smallest absolute Gasteiger partial charge is 0.251 e. The molecule has 2 rings (SSSR count). The molecule has 2 aromatic carbocycles. The Morgan fingerprint density at radius 3 is 2.62 bits per heavy atom. The predicted molar refractivity (Wildman–Crippen MR) is 102 cm³/mol. The van der Waals surface area contributed by atoms with E-state index in [0.717, 1.165) is 5.56 Å². The van der Waals surface area contributed by atoms with Gasteiger partial charge in [0.15, 0.2) is 0 Å². The number of sulfonamides is 1. The Morgan fingerprint density at radius 1 is 1.23 bits per heavy atom. The van der Waals surface area contributed by atoms with Gasteiger partial charge in [0.2, 0.25) is 10.0 Å². The molecule has 1 atom stereocenters. The minimum absolute atomic E-state index is 0.0174. The van der Waals surface area contributed by atoms with Gasteiger partial charge in [0.1, 0.15) is 0 Å². The zero-order valence-electron chi connectivity index (χ0n) is 14.2. The van der Waals surface area contributed by atoms with E-state index in [9.17, 15) is 13.2 Å². The maximum atomic E-state index is 12.6. The number of nitrogens with one attached hydrogen (secondary N) is 2. The highest BCUT2D eigenvalue weighted by atomic mass is 35.5. The quantitative estimate of drug-likeness (QED) is 0.713. The lowest BCUT2D eigenvalue weighted by Gasteiger charge is -2.18. The van der Waals surface area contributed by atoms with E-state index >= 15 is 0 Å². The van der Waals surface area contributed by atoms with Crippen molar-refractivity contribution in [3.05, 3.63) is 64.7 Å². The Balaban J connectivity index is 2.22. The fourth-order valence-corrected chi connectivity index (χ4v) is 3.59.